The van der Waals surface area contributed by atoms with E-state index in [1.807, 2.05) is 0 Å². The molecule has 0 aromatic heterocycles. The van der Waals surface area contributed by atoms with E-state index in [9.17, 15) is 13.2 Å². The molecule has 0 aliphatic heterocycles. The Morgan fingerprint density at radius 3 is 2.20 bits per heavy atom. The first-order chi connectivity index (χ1) is 6.32. The van der Waals surface area contributed by atoms with Crippen LogP contribution in [0.25, 0.3) is 0 Å². The minimum atomic E-state index is -4.45. The van der Waals surface area contributed by atoms with Crippen LogP contribution >= 0.6 is 0 Å². The molecular formula is C7H6AgO6S. The average Bonchev–Trinajstić information content (AvgIpc) is 2.02. The Morgan fingerprint density at radius 2 is 1.80 bits per heavy atom. The molecule has 0 atom stereocenters. The topological polar surface area (TPSA) is 112 Å². The number of benzene rings is 1. The van der Waals surface area contributed by atoms with Gasteiger partial charge in [0, 0.05) is 22.4 Å². The number of aromatic hydroxyl groups is 1. The molecule has 0 amide bonds. The van der Waals surface area contributed by atoms with Crippen LogP contribution in [0.2, 0.25) is 0 Å². The van der Waals surface area contributed by atoms with Gasteiger partial charge in [-0.15, -0.1) is 0 Å². The van der Waals surface area contributed by atoms with Crippen LogP contribution in [0.15, 0.2) is 23.1 Å². The van der Waals surface area contributed by atoms with Crippen LogP contribution in [-0.2, 0) is 32.5 Å². The van der Waals surface area contributed by atoms with Gasteiger partial charge in [0.05, 0.1) is 4.90 Å². The summed E-state index contributed by atoms with van der Waals surface area (Å²) in [7, 11) is -4.45. The summed E-state index contributed by atoms with van der Waals surface area (Å²) in [6.07, 6.45) is 0. The van der Waals surface area contributed by atoms with Crippen LogP contribution in [0.1, 0.15) is 10.4 Å². The number of carboxylic acid groups (broad SMARTS) is 1. The molecule has 87 valence electrons. The molecule has 0 heterocycles. The maximum absolute atomic E-state index is 10.6. The van der Waals surface area contributed by atoms with Crippen molar-refractivity contribution in [1.82, 2.24) is 0 Å². The summed E-state index contributed by atoms with van der Waals surface area (Å²) in [6, 6.07) is 2.46. The number of hydrogen-bond acceptors (Lipinski definition) is 4. The van der Waals surface area contributed by atoms with Gasteiger partial charge in [-0.1, -0.05) is 0 Å². The molecule has 0 spiro atoms. The number of carbonyl (C=O) groups is 1. The summed E-state index contributed by atoms with van der Waals surface area (Å²) in [5.41, 5.74) is -0.583. The molecule has 15 heavy (non-hydrogen) atoms. The number of rotatable bonds is 2. The molecule has 1 aromatic rings. The van der Waals surface area contributed by atoms with Gasteiger partial charge in [-0.2, -0.15) is 8.42 Å². The maximum Gasteiger partial charge on any atom is 0.339 e. The van der Waals surface area contributed by atoms with Crippen molar-refractivity contribution in [1.29, 1.82) is 0 Å². The summed E-state index contributed by atoms with van der Waals surface area (Å²) in [4.78, 5) is 9.89. The first-order valence-corrected chi connectivity index (χ1v) is 4.80. The minimum absolute atomic E-state index is 0. The SMILES string of the molecule is O=C(O)c1cc(S(=O)(=O)O)ccc1O.[Ag]. The van der Waals surface area contributed by atoms with Crippen molar-refractivity contribution in [3.8, 4) is 5.75 Å². The van der Waals surface area contributed by atoms with Gasteiger partial charge in [-0.25, -0.2) is 4.79 Å². The van der Waals surface area contributed by atoms with E-state index in [4.69, 9.17) is 14.8 Å². The van der Waals surface area contributed by atoms with Crippen molar-refractivity contribution in [3.63, 3.8) is 0 Å². The van der Waals surface area contributed by atoms with E-state index < -0.39 is 32.3 Å². The second-order valence-electron chi connectivity index (χ2n) is 2.46. The summed E-state index contributed by atoms with van der Waals surface area (Å²) in [5, 5.41) is 17.5. The van der Waals surface area contributed by atoms with Crippen LogP contribution in [-0.4, -0.2) is 29.2 Å². The van der Waals surface area contributed by atoms with Gasteiger partial charge in [0.1, 0.15) is 11.3 Å². The number of hydrogen-bond donors (Lipinski definition) is 3. The average molecular weight is 326 g/mol. The fourth-order valence-corrected chi connectivity index (χ4v) is 1.35. The number of phenols is 1. The summed E-state index contributed by atoms with van der Waals surface area (Å²) < 4.78 is 29.8. The van der Waals surface area contributed by atoms with E-state index in [2.05, 4.69) is 0 Å². The van der Waals surface area contributed by atoms with Gasteiger partial charge in [-0.05, 0) is 18.2 Å². The van der Waals surface area contributed by atoms with Crippen molar-refractivity contribution >= 4 is 16.1 Å². The van der Waals surface area contributed by atoms with E-state index in [0.717, 1.165) is 12.1 Å². The van der Waals surface area contributed by atoms with Crippen LogP contribution in [0.5, 0.6) is 5.75 Å². The van der Waals surface area contributed by atoms with Crippen molar-refractivity contribution < 1.29 is 50.4 Å². The minimum Gasteiger partial charge on any atom is -0.507 e. The van der Waals surface area contributed by atoms with Gasteiger partial charge in [0.15, 0.2) is 0 Å². The van der Waals surface area contributed by atoms with Gasteiger partial charge in [0.25, 0.3) is 10.1 Å². The Kier molecular flexibility index (Phi) is 4.50. The molecule has 0 bridgehead atoms. The molecule has 0 aliphatic carbocycles. The zero-order valence-electron chi connectivity index (χ0n) is 7.01. The Bertz CT molecular complexity index is 480. The predicted molar refractivity (Wildman–Crippen MR) is 44.9 cm³/mol. The Morgan fingerprint density at radius 1 is 1.27 bits per heavy atom. The third-order valence-corrected chi connectivity index (χ3v) is 2.35. The zero-order chi connectivity index (χ0) is 10.9. The molecule has 0 fully saturated rings. The molecular weight excluding hydrogens is 320 g/mol. The van der Waals surface area contributed by atoms with E-state index in [1.54, 1.807) is 0 Å². The molecule has 8 heteroatoms. The number of carboxylic acids is 1. The third kappa shape index (κ3) is 3.33. The molecule has 0 saturated heterocycles. The molecule has 3 N–H and O–H groups in total. The fourth-order valence-electron chi connectivity index (χ4n) is 0.847. The number of aromatic carboxylic acids is 1. The molecule has 1 rings (SSSR count). The van der Waals surface area contributed by atoms with Crippen LogP contribution in [0, 0.1) is 0 Å². The smallest absolute Gasteiger partial charge is 0.339 e. The molecule has 0 aliphatic rings. The maximum atomic E-state index is 10.6. The first kappa shape index (κ1) is 14.1. The Hall–Kier alpha value is -0.860. The predicted octanol–water partition coefficient (Wildman–Crippen LogP) is 0.335. The van der Waals surface area contributed by atoms with Crippen LogP contribution < -0.4 is 0 Å². The zero-order valence-corrected chi connectivity index (χ0v) is 9.31. The van der Waals surface area contributed by atoms with Crippen LogP contribution in [0.3, 0.4) is 0 Å². The Labute approximate surface area is 101 Å². The van der Waals surface area contributed by atoms with E-state index in [1.165, 1.54) is 0 Å². The van der Waals surface area contributed by atoms with E-state index in [-0.39, 0.29) is 22.4 Å². The molecule has 1 aromatic carbocycles. The van der Waals surface area contributed by atoms with E-state index >= 15 is 0 Å². The van der Waals surface area contributed by atoms with E-state index in [0.29, 0.717) is 6.07 Å². The second-order valence-corrected chi connectivity index (χ2v) is 3.88. The monoisotopic (exact) mass is 325 g/mol. The quantitative estimate of drug-likeness (QED) is 0.534. The summed E-state index contributed by atoms with van der Waals surface area (Å²) in [5.74, 6) is -2.04. The summed E-state index contributed by atoms with van der Waals surface area (Å²) in [6.45, 7) is 0. The van der Waals surface area contributed by atoms with Crippen molar-refractivity contribution in [2.75, 3.05) is 0 Å². The molecule has 1 radical (unpaired) electrons. The standard InChI is InChI=1S/C7H6O6S.Ag/c8-6-2-1-4(14(11,12)13)3-5(6)7(9)10;/h1-3,8H,(H,9,10)(H,11,12,13);. The molecule has 0 saturated carbocycles. The molecule has 0 unspecified atom stereocenters. The van der Waals surface area contributed by atoms with Crippen molar-refractivity contribution in [3.05, 3.63) is 23.8 Å². The Balaban J connectivity index is 0.00000196. The van der Waals surface area contributed by atoms with Gasteiger partial charge in [-0.3, -0.25) is 4.55 Å². The van der Waals surface area contributed by atoms with Crippen molar-refractivity contribution in [2.45, 2.75) is 4.90 Å². The first-order valence-electron chi connectivity index (χ1n) is 3.36. The van der Waals surface area contributed by atoms with Gasteiger partial charge >= 0.3 is 5.97 Å². The van der Waals surface area contributed by atoms with Crippen molar-refractivity contribution in [2.24, 2.45) is 0 Å². The molecule has 6 nitrogen and oxygen atoms in total. The normalized spacial score (nSPS) is 10.5. The third-order valence-electron chi connectivity index (χ3n) is 1.50. The van der Waals surface area contributed by atoms with Gasteiger partial charge in [0.2, 0.25) is 0 Å². The largest absolute Gasteiger partial charge is 0.507 e. The van der Waals surface area contributed by atoms with Gasteiger partial charge < -0.3 is 10.2 Å². The van der Waals surface area contributed by atoms with Crippen LogP contribution in [0.4, 0.5) is 0 Å². The summed E-state index contributed by atoms with van der Waals surface area (Å²) >= 11 is 0. The fraction of sp³-hybridized carbons (Fsp3) is 0. The second kappa shape index (κ2) is 4.77.